The number of hydrogen-bond acceptors (Lipinski definition) is 3. The zero-order chi connectivity index (χ0) is 13.0. The second-order valence-corrected chi connectivity index (χ2v) is 5.03. The van der Waals surface area contributed by atoms with Crippen molar-refractivity contribution in [2.45, 2.75) is 32.7 Å². The molecule has 4 nitrogen and oxygen atoms in total. The number of aromatic nitrogens is 1. The van der Waals surface area contributed by atoms with Crippen LogP contribution in [-0.2, 0) is 11.3 Å². The molecule has 98 valence electrons. The van der Waals surface area contributed by atoms with E-state index < -0.39 is 5.97 Å². The highest BCUT2D eigenvalue weighted by molar-refractivity contribution is 5.70. The summed E-state index contributed by atoms with van der Waals surface area (Å²) < 4.78 is 0. The minimum absolute atomic E-state index is 0.165. The van der Waals surface area contributed by atoms with Gasteiger partial charge in [-0.1, -0.05) is 12.5 Å². The number of hydrogen-bond donors (Lipinski definition) is 2. The number of aryl methyl sites for hydroxylation is 1. The number of rotatable bonds is 5. The van der Waals surface area contributed by atoms with Crippen molar-refractivity contribution in [2.75, 3.05) is 6.54 Å². The van der Waals surface area contributed by atoms with Crippen molar-refractivity contribution in [3.05, 3.63) is 29.6 Å². The van der Waals surface area contributed by atoms with E-state index in [1.54, 1.807) is 6.20 Å². The maximum absolute atomic E-state index is 11.1. The lowest BCUT2D eigenvalue weighted by atomic mass is 9.96. The van der Waals surface area contributed by atoms with Crippen LogP contribution in [0, 0.1) is 18.8 Å². The van der Waals surface area contributed by atoms with E-state index in [9.17, 15) is 4.79 Å². The minimum Gasteiger partial charge on any atom is -0.481 e. The van der Waals surface area contributed by atoms with Gasteiger partial charge < -0.3 is 10.4 Å². The Labute approximate surface area is 107 Å². The van der Waals surface area contributed by atoms with Crippen molar-refractivity contribution in [3.63, 3.8) is 0 Å². The molecule has 1 heterocycles. The molecule has 0 bridgehead atoms. The highest BCUT2D eigenvalue weighted by Crippen LogP contribution is 2.31. The second-order valence-electron chi connectivity index (χ2n) is 5.03. The number of pyridine rings is 1. The molecule has 0 aliphatic heterocycles. The number of nitrogens with zero attached hydrogens (tertiary/aromatic N) is 1. The van der Waals surface area contributed by atoms with E-state index in [0.717, 1.165) is 38.0 Å². The first-order valence-electron chi connectivity index (χ1n) is 6.52. The molecule has 2 rings (SSSR count). The Bertz CT molecular complexity index is 420. The Kier molecular flexibility index (Phi) is 4.31. The first kappa shape index (κ1) is 13.0. The number of carboxylic acid groups (broad SMARTS) is 1. The fourth-order valence-electron chi connectivity index (χ4n) is 2.69. The predicted octanol–water partition coefficient (Wildman–Crippen LogP) is 1.98. The molecule has 1 saturated carbocycles. The monoisotopic (exact) mass is 248 g/mol. The molecule has 0 amide bonds. The van der Waals surface area contributed by atoms with E-state index >= 15 is 0 Å². The summed E-state index contributed by atoms with van der Waals surface area (Å²) in [5.74, 6) is -0.540. The average molecular weight is 248 g/mol. The third kappa shape index (κ3) is 3.07. The Morgan fingerprint density at radius 1 is 1.56 bits per heavy atom. The lowest BCUT2D eigenvalue weighted by Crippen LogP contribution is -2.29. The van der Waals surface area contributed by atoms with Crippen LogP contribution < -0.4 is 5.32 Å². The summed E-state index contributed by atoms with van der Waals surface area (Å²) in [7, 11) is 0. The van der Waals surface area contributed by atoms with Crippen LogP contribution >= 0.6 is 0 Å². The van der Waals surface area contributed by atoms with Gasteiger partial charge in [0.1, 0.15) is 0 Å². The van der Waals surface area contributed by atoms with Gasteiger partial charge in [0.2, 0.25) is 0 Å². The van der Waals surface area contributed by atoms with Crippen LogP contribution in [0.4, 0.5) is 0 Å². The zero-order valence-corrected chi connectivity index (χ0v) is 10.7. The summed E-state index contributed by atoms with van der Waals surface area (Å²) in [4.78, 5) is 15.4. The predicted molar refractivity (Wildman–Crippen MR) is 69.1 cm³/mol. The van der Waals surface area contributed by atoms with Gasteiger partial charge in [-0.05, 0) is 43.9 Å². The summed E-state index contributed by atoms with van der Waals surface area (Å²) >= 11 is 0. The summed E-state index contributed by atoms with van der Waals surface area (Å²) in [5.41, 5.74) is 2.22. The molecular formula is C14H20N2O2. The normalized spacial score (nSPS) is 23.2. The van der Waals surface area contributed by atoms with E-state index in [1.807, 2.05) is 19.1 Å². The van der Waals surface area contributed by atoms with Crippen molar-refractivity contribution in [1.29, 1.82) is 0 Å². The molecule has 0 spiro atoms. The van der Waals surface area contributed by atoms with Crippen LogP contribution in [0.3, 0.4) is 0 Å². The fourth-order valence-corrected chi connectivity index (χ4v) is 2.69. The topological polar surface area (TPSA) is 62.2 Å². The highest BCUT2D eigenvalue weighted by atomic mass is 16.4. The van der Waals surface area contributed by atoms with Crippen molar-refractivity contribution in [1.82, 2.24) is 10.3 Å². The molecule has 0 saturated heterocycles. The Morgan fingerprint density at radius 3 is 3.11 bits per heavy atom. The molecule has 1 aliphatic carbocycles. The van der Waals surface area contributed by atoms with E-state index in [1.165, 1.54) is 5.56 Å². The molecule has 1 aromatic rings. The van der Waals surface area contributed by atoms with Crippen LogP contribution in [0.2, 0.25) is 0 Å². The van der Waals surface area contributed by atoms with Gasteiger partial charge in [0.05, 0.1) is 11.6 Å². The third-order valence-electron chi connectivity index (χ3n) is 3.79. The smallest absolute Gasteiger partial charge is 0.306 e. The zero-order valence-electron chi connectivity index (χ0n) is 10.7. The van der Waals surface area contributed by atoms with E-state index in [-0.39, 0.29) is 11.8 Å². The van der Waals surface area contributed by atoms with Crippen LogP contribution in [0.25, 0.3) is 0 Å². The summed E-state index contributed by atoms with van der Waals surface area (Å²) in [6.45, 7) is 3.53. The lowest BCUT2D eigenvalue weighted by molar-refractivity contribution is -0.142. The maximum atomic E-state index is 11.1. The van der Waals surface area contributed by atoms with E-state index in [2.05, 4.69) is 10.3 Å². The molecule has 2 atom stereocenters. The SMILES string of the molecule is Cc1cccnc1CNCC1CCCC1C(=O)O. The summed E-state index contributed by atoms with van der Waals surface area (Å²) in [6, 6.07) is 3.97. The molecule has 4 heteroatoms. The van der Waals surface area contributed by atoms with Gasteiger partial charge in [-0.2, -0.15) is 0 Å². The van der Waals surface area contributed by atoms with Crippen molar-refractivity contribution < 1.29 is 9.90 Å². The first-order valence-corrected chi connectivity index (χ1v) is 6.52. The largest absolute Gasteiger partial charge is 0.481 e. The van der Waals surface area contributed by atoms with Gasteiger partial charge in [-0.25, -0.2) is 0 Å². The molecule has 1 aliphatic rings. The fraction of sp³-hybridized carbons (Fsp3) is 0.571. The Hall–Kier alpha value is -1.42. The quantitative estimate of drug-likeness (QED) is 0.836. The van der Waals surface area contributed by atoms with E-state index in [4.69, 9.17) is 5.11 Å². The van der Waals surface area contributed by atoms with Gasteiger partial charge in [-0.3, -0.25) is 9.78 Å². The van der Waals surface area contributed by atoms with Gasteiger partial charge in [0, 0.05) is 12.7 Å². The highest BCUT2D eigenvalue weighted by Gasteiger charge is 2.32. The molecule has 0 radical (unpaired) electrons. The van der Waals surface area contributed by atoms with Gasteiger partial charge in [0.15, 0.2) is 0 Å². The number of nitrogens with one attached hydrogen (secondary N) is 1. The number of aliphatic carboxylic acids is 1. The van der Waals surface area contributed by atoms with Crippen LogP contribution in [0.5, 0.6) is 0 Å². The molecule has 2 unspecified atom stereocenters. The third-order valence-corrected chi connectivity index (χ3v) is 3.79. The standard InChI is InChI=1S/C14H20N2O2/c1-10-4-3-7-16-13(10)9-15-8-11-5-2-6-12(11)14(17)18/h3-4,7,11-12,15H,2,5-6,8-9H2,1H3,(H,17,18). The van der Waals surface area contributed by atoms with Crippen molar-refractivity contribution >= 4 is 5.97 Å². The van der Waals surface area contributed by atoms with Crippen LogP contribution in [0.15, 0.2) is 18.3 Å². The van der Waals surface area contributed by atoms with Crippen molar-refractivity contribution in [3.8, 4) is 0 Å². The summed E-state index contributed by atoms with van der Waals surface area (Å²) in [5, 5.41) is 12.4. The van der Waals surface area contributed by atoms with Gasteiger partial charge in [-0.15, -0.1) is 0 Å². The van der Waals surface area contributed by atoms with Crippen molar-refractivity contribution in [2.24, 2.45) is 11.8 Å². The molecule has 0 aromatic carbocycles. The first-order chi connectivity index (χ1) is 8.68. The molecule has 2 N–H and O–H groups in total. The molecule has 1 fully saturated rings. The van der Waals surface area contributed by atoms with Gasteiger partial charge in [0.25, 0.3) is 0 Å². The summed E-state index contributed by atoms with van der Waals surface area (Å²) in [6.07, 6.45) is 4.67. The number of carbonyl (C=O) groups is 1. The lowest BCUT2D eigenvalue weighted by Gasteiger charge is -2.16. The average Bonchev–Trinajstić information content (AvgIpc) is 2.80. The van der Waals surface area contributed by atoms with Crippen LogP contribution in [0.1, 0.15) is 30.5 Å². The second kappa shape index (κ2) is 5.96. The minimum atomic E-state index is -0.645. The van der Waals surface area contributed by atoms with Gasteiger partial charge >= 0.3 is 5.97 Å². The molecule has 18 heavy (non-hydrogen) atoms. The van der Waals surface area contributed by atoms with Crippen LogP contribution in [-0.4, -0.2) is 22.6 Å². The molecular weight excluding hydrogens is 228 g/mol. The maximum Gasteiger partial charge on any atom is 0.306 e. The molecule has 1 aromatic heterocycles. The Morgan fingerprint density at radius 2 is 2.39 bits per heavy atom. The number of carboxylic acids is 1. The van der Waals surface area contributed by atoms with E-state index in [0.29, 0.717) is 0 Å². The Balaban J connectivity index is 1.82.